The molecule has 1 atom stereocenters. The fourth-order valence-electron chi connectivity index (χ4n) is 3.60. The second-order valence-corrected chi connectivity index (χ2v) is 7.75. The first-order chi connectivity index (χ1) is 12.6. The number of rotatable bonds is 3. The van der Waals surface area contributed by atoms with Gasteiger partial charge in [-0.3, -0.25) is 14.2 Å². The van der Waals surface area contributed by atoms with Crippen molar-refractivity contribution in [1.29, 1.82) is 0 Å². The first-order valence-corrected chi connectivity index (χ1v) is 9.91. The van der Waals surface area contributed by atoms with Crippen LogP contribution in [0.5, 0.6) is 0 Å². The summed E-state index contributed by atoms with van der Waals surface area (Å²) in [6, 6.07) is 11.8. The number of hydrogen-bond donors (Lipinski definition) is 0. The van der Waals surface area contributed by atoms with E-state index in [0.29, 0.717) is 6.42 Å². The zero-order valence-corrected chi connectivity index (χ0v) is 15.6. The number of piperazine rings is 1. The zero-order valence-electron chi connectivity index (χ0n) is 14.8. The average molecular weight is 370 g/mol. The number of aryl methyl sites for hydroxylation is 1. The molecule has 0 radical (unpaired) electrons. The summed E-state index contributed by atoms with van der Waals surface area (Å²) in [5.74, 6) is 0.866. The monoisotopic (exact) mass is 370 g/mol. The Balaban J connectivity index is 1.38. The predicted molar refractivity (Wildman–Crippen MR) is 103 cm³/mol. The Hall–Kier alpha value is -2.28. The summed E-state index contributed by atoms with van der Waals surface area (Å²) >= 11 is 1.56. The van der Waals surface area contributed by atoms with E-state index < -0.39 is 0 Å². The van der Waals surface area contributed by atoms with E-state index in [1.54, 1.807) is 22.4 Å². The smallest absolute Gasteiger partial charge is 0.254 e. The molecule has 0 saturated carbocycles. The molecule has 1 aromatic heterocycles. The molecule has 0 spiro atoms. The van der Waals surface area contributed by atoms with Gasteiger partial charge in [0.2, 0.25) is 5.91 Å². The van der Waals surface area contributed by atoms with Crippen molar-refractivity contribution in [3.63, 3.8) is 0 Å². The van der Waals surface area contributed by atoms with E-state index in [2.05, 4.69) is 22.0 Å². The molecule has 3 heterocycles. The van der Waals surface area contributed by atoms with Gasteiger partial charge >= 0.3 is 0 Å². The number of benzene rings is 1. The molecule has 1 saturated heterocycles. The zero-order chi connectivity index (χ0) is 18.1. The highest BCUT2D eigenvalue weighted by Gasteiger charge is 2.30. The number of hydrogen-bond acceptors (Lipinski definition) is 5. The van der Waals surface area contributed by atoms with Gasteiger partial charge in [-0.2, -0.15) is 0 Å². The molecular weight excluding hydrogens is 348 g/mol. The van der Waals surface area contributed by atoms with Crippen molar-refractivity contribution in [3.05, 3.63) is 52.4 Å². The van der Waals surface area contributed by atoms with Crippen LogP contribution in [-0.4, -0.2) is 52.3 Å². The van der Waals surface area contributed by atoms with Crippen molar-refractivity contribution in [2.45, 2.75) is 24.5 Å². The minimum absolute atomic E-state index is 0.0517. The molecule has 2 aromatic rings. The molecule has 2 aliphatic rings. The number of fused-ring (bicyclic) bond motifs is 1. The van der Waals surface area contributed by atoms with Crippen LogP contribution in [0.15, 0.2) is 46.3 Å². The summed E-state index contributed by atoms with van der Waals surface area (Å²) in [7, 11) is 0. The van der Waals surface area contributed by atoms with Crippen LogP contribution >= 0.6 is 11.8 Å². The van der Waals surface area contributed by atoms with Crippen LogP contribution in [0.2, 0.25) is 0 Å². The quantitative estimate of drug-likeness (QED) is 0.773. The predicted octanol–water partition coefficient (Wildman–Crippen LogP) is 1.94. The fraction of sp³-hybridized carbons (Fsp3) is 0.421. The van der Waals surface area contributed by atoms with E-state index in [1.807, 2.05) is 30.0 Å². The van der Waals surface area contributed by atoms with E-state index >= 15 is 0 Å². The Morgan fingerprint density at radius 3 is 2.65 bits per heavy atom. The molecule has 0 N–H and O–H groups in total. The maximum absolute atomic E-state index is 12.7. The van der Waals surface area contributed by atoms with Gasteiger partial charge in [0, 0.05) is 55.8 Å². The number of anilines is 1. The maximum atomic E-state index is 12.7. The van der Waals surface area contributed by atoms with Gasteiger partial charge in [-0.25, -0.2) is 4.98 Å². The molecule has 2 aliphatic heterocycles. The SMILES string of the molecule is Cc1cc(=O)n2c(n1)SCC2CC(=O)N1CCN(c2ccccc2)CC1. The molecule has 1 fully saturated rings. The molecule has 1 amide bonds. The lowest BCUT2D eigenvalue weighted by Crippen LogP contribution is -2.49. The lowest BCUT2D eigenvalue weighted by molar-refractivity contribution is -0.132. The number of carbonyl (C=O) groups is 1. The molecule has 26 heavy (non-hydrogen) atoms. The van der Waals surface area contributed by atoms with Crippen LogP contribution in [0.3, 0.4) is 0 Å². The van der Waals surface area contributed by atoms with Gasteiger partial charge in [-0.1, -0.05) is 30.0 Å². The van der Waals surface area contributed by atoms with Crippen molar-refractivity contribution in [3.8, 4) is 0 Å². The van der Waals surface area contributed by atoms with Crippen molar-refractivity contribution in [1.82, 2.24) is 14.5 Å². The van der Waals surface area contributed by atoms with Crippen molar-refractivity contribution >= 4 is 23.4 Å². The summed E-state index contributed by atoms with van der Waals surface area (Å²) in [6.07, 6.45) is 0.371. The molecule has 136 valence electrons. The maximum Gasteiger partial charge on any atom is 0.254 e. The second kappa shape index (κ2) is 7.15. The van der Waals surface area contributed by atoms with Crippen LogP contribution in [0.1, 0.15) is 18.2 Å². The van der Waals surface area contributed by atoms with E-state index in [-0.39, 0.29) is 17.5 Å². The second-order valence-electron chi connectivity index (χ2n) is 6.76. The summed E-state index contributed by atoms with van der Waals surface area (Å²) in [5.41, 5.74) is 1.88. The highest BCUT2D eigenvalue weighted by Crippen LogP contribution is 2.32. The summed E-state index contributed by atoms with van der Waals surface area (Å²) in [5, 5.41) is 0.738. The van der Waals surface area contributed by atoms with E-state index in [4.69, 9.17) is 0 Å². The van der Waals surface area contributed by atoms with Gasteiger partial charge in [0.15, 0.2) is 5.16 Å². The molecule has 7 heteroatoms. The minimum Gasteiger partial charge on any atom is -0.368 e. The first kappa shape index (κ1) is 17.1. The first-order valence-electron chi connectivity index (χ1n) is 8.92. The lowest BCUT2D eigenvalue weighted by atomic mass is 10.2. The third-order valence-corrected chi connectivity index (χ3v) is 6.08. The van der Waals surface area contributed by atoms with Gasteiger partial charge in [0.1, 0.15) is 0 Å². The van der Waals surface area contributed by atoms with Crippen LogP contribution in [-0.2, 0) is 4.79 Å². The van der Waals surface area contributed by atoms with Crippen LogP contribution < -0.4 is 10.5 Å². The number of nitrogens with zero attached hydrogens (tertiary/aromatic N) is 4. The number of amides is 1. The van der Waals surface area contributed by atoms with Crippen LogP contribution in [0.25, 0.3) is 0 Å². The Morgan fingerprint density at radius 1 is 1.19 bits per heavy atom. The average Bonchev–Trinajstić information content (AvgIpc) is 3.05. The third kappa shape index (κ3) is 3.35. The van der Waals surface area contributed by atoms with Crippen molar-refractivity contribution < 1.29 is 4.79 Å². The number of thioether (sulfide) groups is 1. The van der Waals surface area contributed by atoms with Gasteiger partial charge in [-0.05, 0) is 19.1 Å². The standard InChI is InChI=1S/C19H22N4O2S/c1-14-11-18(25)23-16(13-26-19(23)20-14)12-17(24)22-9-7-21(8-10-22)15-5-3-2-4-6-15/h2-6,11,16H,7-10,12-13H2,1H3. The summed E-state index contributed by atoms with van der Waals surface area (Å²) in [6.45, 7) is 4.95. The van der Waals surface area contributed by atoms with Gasteiger partial charge in [0.25, 0.3) is 5.56 Å². The highest BCUT2D eigenvalue weighted by atomic mass is 32.2. The third-order valence-electron chi connectivity index (χ3n) is 4.98. The normalized spacial score (nSPS) is 19.5. The number of carbonyl (C=O) groups excluding carboxylic acids is 1. The molecule has 1 unspecified atom stereocenters. The van der Waals surface area contributed by atoms with Gasteiger partial charge in [0.05, 0.1) is 6.04 Å². The van der Waals surface area contributed by atoms with Crippen LogP contribution in [0, 0.1) is 6.92 Å². The largest absolute Gasteiger partial charge is 0.368 e. The van der Waals surface area contributed by atoms with Gasteiger partial charge in [-0.15, -0.1) is 0 Å². The van der Waals surface area contributed by atoms with Crippen molar-refractivity contribution in [2.24, 2.45) is 0 Å². The molecule has 4 rings (SSSR count). The lowest BCUT2D eigenvalue weighted by Gasteiger charge is -2.36. The summed E-state index contributed by atoms with van der Waals surface area (Å²) in [4.78, 5) is 33.7. The van der Waals surface area contributed by atoms with Crippen LogP contribution in [0.4, 0.5) is 5.69 Å². The number of para-hydroxylation sites is 1. The molecule has 0 aliphatic carbocycles. The summed E-state index contributed by atoms with van der Waals surface area (Å²) < 4.78 is 1.69. The Morgan fingerprint density at radius 2 is 1.92 bits per heavy atom. The van der Waals surface area contributed by atoms with E-state index in [1.165, 1.54) is 5.69 Å². The molecular formula is C19H22N4O2S. The Labute approximate surface area is 156 Å². The highest BCUT2D eigenvalue weighted by molar-refractivity contribution is 7.99. The van der Waals surface area contributed by atoms with E-state index in [0.717, 1.165) is 42.8 Å². The topological polar surface area (TPSA) is 58.4 Å². The Bertz CT molecular complexity index is 860. The van der Waals surface area contributed by atoms with Gasteiger partial charge < -0.3 is 9.80 Å². The molecule has 0 bridgehead atoms. The van der Waals surface area contributed by atoms with E-state index in [9.17, 15) is 9.59 Å². The fourth-order valence-corrected chi connectivity index (χ4v) is 4.79. The Kier molecular flexibility index (Phi) is 4.72. The number of aromatic nitrogens is 2. The van der Waals surface area contributed by atoms with Crippen molar-refractivity contribution in [2.75, 3.05) is 36.8 Å². The molecule has 6 nitrogen and oxygen atoms in total. The molecule has 1 aromatic carbocycles. The minimum atomic E-state index is -0.0877.